The van der Waals surface area contributed by atoms with Crippen molar-refractivity contribution in [3.05, 3.63) is 113 Å². The van der Waals surface area contributed by atoms with Crippen molar-refractivity contribution in [2.75, 3.05) is 0 Å². The molecule has 5 rings (SSSR count). The number of rotatable bonds is 4. The molecule has 0 N–H and O–H groups in total. The maximum Gasteiger partial charge on any atom is 0.303 e. The normalized spacial score (nSPS) is 23.1. The third-order valence-corrected chi connectivity index (χ3v) is 5.78. The zero-order valence-corrected chi connectivity index (χ0v) is 16.2. The van der Waals surface area contributed by atoms with Gasteiger partial charge in [0.05, 0.1) is 6.10 Å². The van der Waals surface area contributed by atoms with E-state index in [4.69, 9.17) is 9.47 Å². The molecule has 3 atom stereocenters. The Bertz CT molecular complexity index is 1070. The average Bonchev–Trinajstić information content (AvgIpc) is 3.00. The van der Waals surface area contributed by atoms with Gasteiger partial charge in [-0.05, 0) is 33.9 Å². The van der Waals surface area contributed by atoms with Crippen molar-refractivity contribution in [2.45, 2.75) is 31.2 Å². The molecule has 144 valence electrons. The Labute approximate surface area is 170 Å². The minimum Gasteiger partial charge on any atom is -0.454 e. The number of benzene rings is 3. The molecule has 2 heterocycles. The van der Waals surface area contributed by atoms with Crippen LogP contribution in [0, 0.1) is 0 Å². The highest BCUT2D eigenvalue weighted by Gasteiger charge is 2.53. The first kappa shape index (κ1) is 17.9. The van der Waals surface area contributed by atoms with E-state index in [9.17, 15) is 4.79 Å². The van der Waals surface area contributed by atoms with Crippen molar-refractivity contribution in [3.63, 3.8) is 0 Å². The number of hydrogen-bond acceptors (Lipinski definition) is 3. The maximum absolute atomic E-state index is 12.1. The summed E-state index contributed by atoms with van der Waals surface area (Å²) in [5, 5.41) is 0. The number of carbonyl (C=O) groups excluding carboxylic acids is 1. The molecular weight excluding hydrogens is 360 g/mol. The van der Waals surface area contributed by atoms with E-state index in [-0.39, 0.29) is 12.1 Å². The Hall–Kier alpha value is -3.17. The SMILES string of the molecule is CC(=O)O[C@H](c1ccccc1)[C@]12C=C(c3ccccc3)C[C@H](O1)c1ccccc12. The molecule has 3 aromatic carbocycles. The fraction of sp³-hybridized carbons (Fsp3) is 0.192. The first-order valence-electron chi connectivity index (χ1n) is 9.94. The van der Waals surface area contributed by atoms with E-state index in [0.29, 0.717) is 0 Å². The Morgan fingerprint density at radius 1 is 0.966 bits per heavy atom. The van der Waals surface area contributed by atoms with Crippen molar-refractivity contribution in [1.29, 1.82) is 0 Å². The van der Waals surface area contributed by atoms with Crippen molar-refractivity contribution >= 4 is 11.5 Å². The van der Waals surface area contributed by atoms with Gasteiger partial charge in [-0.3, -0.25) is 4.79 Å². The molecule has 0 aromatic heterocycles. The average molecular weight is 382 g/mol. The number of esters is 1. The van der Waals surface area contributed by atoms with Gasteiger partial charge in [-0.15, -0.1) is 0 Å². The van der Waals surface area contributed by atoms with Crippen molar-refractivity contribution in [2.24, 2.45) is 0 Å². The third-order valence-electron chi connectivity index (χ3n) is 5.78. The van der Waals surface area contributed by atoms with E-state index in [1.54, 1.807) is 0 Å². The summed E-state index contributed by atoms with van der Waals surface area (Å²) in [6.07, 6.45) is 2.34. The molecule has 0 fully saturated rings. The highest BCUT2D eigenvalue weighted by Crippen LogP contribution is 2.58. The molecule has 2 aliphatic rings. The van der Waals surface area contributed by atoms with Crippen molar-refractivity contribution in [3.8, 4) is 0 Å². The van der Waals surface area contributed by atoms with E-state index in [0.717, 1.165) is 17.5 Å². The Morgan fingerprint density at radius 2 is 1.62 bits per heavy atom. The molecule has 3 aromatic rings. The molecule has 2 bridgehead atoms. The summed E-state index contributed by atoms with van der Waals surface area (Å²) >= 11 is 0. The fourth-order valence-corrected chi connectivity index (χ4v) is 4.61. The van der Waals surface area contributed by atoms with E-state index in [1.165, 1.54) is 23.6 Å². The summed E-state index contributed by atoms with van der Waals surface area (Å²) in [6, 6.07) is 28.5. The second-order valence-corrected chi connectivity index (χ2v) is 7.63. The second-order valence-electron chi connectivity index (χ2n) is 7.63. The minimum atomic E-state index is -0.849. The van der Waals surface area contributed by atoms with Gasteiger partial charge >= 0.3 is 5.97 Å². The van der Waals surface area contributed by atoms with E-state index < -0.39 is 11.7 Å². The van der Waals surface area contributed by atoms with Crippen LogP contribution in [0.1, 0.15) is 47.8 Å². The number of ether oxygens (including phenoxy) is 2. The Kier molecular flexibility index (Phi) is 4.33. The van der Waals surface area contributed by atoms with Gasteiger partial charge in [-0.25, -0.2) is 0 Å². The van der Waals surface area contributed by atoms with E-state index in [2.05, 4.69) is 30.3 Å². The molecular formula is C26H22O3. The molecule has 29 heavy (non-hydrogen) atoms. The molecule has 0 radical (unpaired) electrons. The summed E-state index contributed by atoms with van der Waals surface area (Å²) < 4.78 is 12.6. The van der Waals surface area contributed by atoms with E-state index >= 15 is 0 Å². The summed E-state index contributed by atoms with van der Waals surface area (Å²) in [7, 11) is 0. The molecule has 0 unspecified atom stereocenters. The molecule has 2 aliphatic heterocycles. The van der Waals surface area contributed by atoms with Crippen LogP contribution in [0.15, 0.2) is 91.0 Å². The Balaban J connectivity index is 1.73. The van der Waals surface area contributed by atoms with Crippen LogP contribution in [-0.2, 0) is 19.9 Å². The van der Waals surface area contributed by atoms with Gasteiger partial charge in [0, 0.05) is 13.3 Å². The summed E-state index contributed by atoms with van der Waals surface area (Å²) in [6.45, 7) is 1.45. The zero-order valence-electron chi connectivity index (χ0n) is 16.2. The third kappa shape index (κ3) is 2.99. The quantitative estimate of drug-likeness (QED) is 0.539. The van der Waals surface area contributed by atoms with Gasteiger partial charge in [-0.2, -0.15) is 0 Å². The van der Waals surface area contributed by atoms with Crippen LogP contribution in [0.4, 0.5) is 0 Å². The lowest BCUT2D eigenvalue weighted by Gasteiger charge is -2.38. The van der Waals surface area contributed by atoms with Crippen LogP contribution >= 0.6 is 0 Å². The van der Waals surface area contributed by atoms with Crippen molar-refractivity contribution < 1.29 is 14.3 Å². The largest absolute Gasteiger partial charge is 0.454 e. The van der Waals surface area contributed by atoms with Crippen LogP contribution in [0.5, 0.6) is 0 Å². The zero-order chi connectivity index (χ0) is 19.8. The lowest BCUT2D eigenvalue weighted by molar-refractivity contribution is -0.172. The van der Waals surface area contributed by atoms with Gasteiger partial charge < -0.3 is 9.47 Å². The standard InChI is InChI=1S/C26H22O3/c1-18(27)28-25(20-12-6-3-7-13-20)26-17-21(19-10-4-2-5-11-19)16-24(29-26)22-14-8-9-15-23(22)26/h2-15,17,24-25H,16H2,1H3/t24-,25+,26+/m0/s1. The molecule has 3 nitrogen and oxygen atoms in total. The molecule has 0 spiro atoms. The highest BCUT2D eigenvalue weighted by molar-refractivity contribution is 5.72. The first-order valence-corrected chi connectivity index (χ1v) is 9.94. The summed E-state index contributed by atoms with van der Waals surface area (Å²) in [4.78, 5) is 12.1. The summed E-state index contributed by atoms with van der Waals surface area (Å²) in [5.41, 5.74) is 4.70. The molecule has 0 saturated carbocycles. The number of hydrogen-bond donors (Lipinski definition) is 0. The van der Waals surface area contributed by atoms with E-state index in [1.807, 2.05) is 60.7 Å². The van der Waals surface area contributed by atoms with Crippen LogP contribution in [0.25, 0.3) is 5.57 Å². The van der Waals surface area contributed by atoms with Crippen LogP contribution < -0.4 is 0 Å². The monoisotopic (exact) mass is 382 g/mol. The van der Waals surface area contributed by atoms with Crippen molar-refractivity contribution in [1.82, 2.24) is 0 Å². The van der Waals surface area contributed by atoms with Crippen LogP contribution in [-0.4, -0.2) is 5.97 Å². The van der Waals surface area contributed by atoms with Gasteiger partial charge in [0.25, 0.3) is 0 Å². The van der Waals surface area contributed by atoms with Crippen LogP contribution in [0.3, 0.4) is 0 Å². The van der Waals surface area contributed by atoms with Gasteiger partial charge in [0.1, 0.15) is 0 Å². The molecule has 0 aliphatic carbocycles. The fourth-order valence-electron chi connectivity index (χ4n) is 4.61. The van der Waals surface area contributed by atoms with Gasteiger partial charge in [0.2, 0.25) is 0 Å². The predicted molar refractivity (Wildman–Crippen MR) is 112 cm³/mol. The predicted octanol–water partition coefficient (Wildman–Crippen LogP) is 5.74. The molecule has 3 heteroatoms. The lowest BCUT2D eigenvalue weighted by Crippen LogP contribution is -2.36. The van der Waals surface area contributed by atoms with Crippen LogP contribution in [0.2, 0.25) is 0 Å². The topological polar surface area (TPSA) is 35.5 Å². The lowest BCUT2D eigenvalue weighted by atomic mass is 9.82. The van der Waals surface area contributed by atoms with Gasteiger partial charge in [-0.1, -0.05) is 84.9 Å². The van der Waals surface area contributed by atoms with Gasteiger partial charge in [0.15, 0.2) is 11.7 Å². The first-order chi connectivity index (χ1) is 14.2. The highest BCUT2D eigenvalue weighted by atomic mass is 16.6. The molecule has 0 amide bonds. The number of carbonyl (C=O) groups is 1. The maximum atomic E-state index is 12.1. The molecule has 0 saturated heterocycles. The Morgan fingerprint density at radius 3 is 2.34 bits per heavy atom. The smallest absolute Gasteiger partial charge is 0.303 e. The minimum absolute atomic E-state index is 0.0619. The number of fused-ring (bicyclic) bond motifs is 5. The second kappa shape index (κ2) is 7.02. The summed E-state index contributed by atoms with van der Waals surface area (Å²) in [5.74, 6) is -0.321.